The molecule has 1 saturated carbocycles. The van der Waals surface area contributed by atoms with Crippen molar-refractivity contribution in [2.75, 3.05) is 6.54 Å². The molecule has 0 saturated heterocycles. The summed E-state index contributed by atoms with van der Waals surface area (Å²) in [7, 11) is 0. The Morgan fingerprint density at radius 2 is 1.67 bits per heavy atom. The predicted molar refractivity (Wildman–Crippen MR) is 82.2 cm³/mol. The van der Waals surface area contributed by atoms with Crippen molar-refractivity contribution in [2.45, 2.75) is 43.9 Å². The summed E-state index contributed by atoms with van der Waals surface area (Å²) in [6, 6.07) is 4.07. The van der Waals surface area contributed by atoms with E-state index in [0.29, 0.717) is 0 Å². The molecule has 2 rings (SSSR count). The van der Waals surface area contributed by atoms with Crippen LogP contribution in [0, 0.1) is 0 Å². The zero-order valence-corrected chi connectivity index (χ0v) is 13.0. The van der Waals surface area contributed by atoms with Crippen molar-refractivity contribution in [3.05, 3.63) is 35.4 Å². The van der Waals surface area contributed by atoms with Gasteiger partial charge >= 0.3 is 6.18 Å². The number of carbonyl (C=O) groups excluding carboxylic acids is 2. The van der Waals surface area contributed by atoms with Crippen LogP contribution in [0.2, 0.25) is 0 Å². The van der Waals surface area contributed by atoms with Crippen molar-refractivity contribution in [3.8, 4) is 0 Å². The minimum atomic E-state index is -4.45. The Morgan fingerprint density at radius 1 is 1.08 bits per heavy atom. The van der Waals surface area contributed by atoms with Gasteiger partial charge in [-0.1, -0.05) is 0 Å². The molecule has 4 N–H and O–H groups in total. The summed E-state index contributed by atoms with van der Waals surface area (Å²) in [5.74, 6) is -0.916. The second-order valence-electron chi connectivity index (χ2n) is 5.94. The molecular weight excluding hydrogens is 323 g/mol. The molecule has 0 spiro atoms. The molecule has 24 heavy (non-hydrogen) atoms. The van der Waals surface area contributed by atoms with Crippen LogP contribution in [-0.2, 0) is 11.0 Å². The number of alkyl halides is 3. The fourth-order valence-corrected chi connectivity index (χ4v) is 2.62. The van der Waals surface area contributed by atoms with Crippen LogP contribution in [0.5, 0.6) is 0 Å². The molecule has 0 radical (unpaired) electrons. The zero-order valence-electron chi connectivity index (χ0n) is 13.0. The van der Waals surface area contributed by atoms with Gasteiger partial charge in [-0.25, -0.2) is 0 Å². The van der Waals surface area contributed by atoms with E-state index in [1.165, 1.54) is 0 Å². The van der Waals surface area contributed by atoms with Crippen molar-refractivity contribution in [1.29, 1.82) is 0 Å². The molecule has 2 amide bonds. The van der Waals surface area contributed by atoms with Gasteiger partial charge in [0.25, 0.3) is 5.91 Å². The summed E-state index contributed by atoms with van der Waals surface area (Å²) >= 11 is 0. The standard InChI is InChI=1S/C16H20F3N3O2/c17-16(18,19)11-3-1-10(2-4-11)15(24)21-9-14(23)22-13-7-5-12(20)6-8-13/h1-4,12-13H,5-9,20H2,(H,21,24)(H,22,23). The average molecular weight is 343 g/mol. The molecule has 0 aliphatic heterocycles. The number of halogens is 3. The first-order valence-corrected chi connectivity index (χ1v) is 7.76. The Hall–Kier alpha value is -2.09. The molecule has 0 aromatic heterocycles. The van der Waals surface area contributed by atoms with Crippen LogP contribution in [0.25, 0.3) is 0 Å². The lowest BCUT2D eigenvalue weighted by atomic mass is 9.92. The van der Waals surface area contributed by atoms with Gasteiger partial charge in [0, 0.05) is 17.6 Å². The fraction of sp³-hybridized carbons (Fsp3) is 0.500. The topological polar surface area (TPSA) is 84.2 Å². The SMILES string of the molecule is NC1CCC(NC(=O)CNC(=O)c2ccc(C(F)(F)F)cc2)CC1. The van der Waals surface area contributed by atoms with E-state index in [-0.39, 0.29) is 30.1 Å². The number of nitrogens with two attached hydrogens (primary N) is 1. The average Bonchev–Trinajstić information content (AvgIpc) is 2.54. The lowest BCUT2D eigenvalue weighted by Crippen LogP contribution is -2.44. The largest absolute Gasteiger partial charge is 0.416 e. The third kappa shape index (κ3) is 5.23. The molecule has 0 atom stereocenters. The monoisotopic (exact) mass is 343 g/mol. The van der Waals surface area contributed by atoms with E-state index in [0.717, 1.165) is 49.9 Å². The lowest BCUT2D eigenvalue weighted by Gasteiger charge is -2.26. The lowest BCUT2D eigenvalue weighted by molar-refractivity contribution is -0.137. The first-order valence-electron chi connectivity index (χ1n) is 7.76. The van der Waals surface area contributed by atoms with Crippen molar-refractivity contribution < 1.29 is 22.8 Å². The van der Waals surface area contributed by atoms with Gasteiger partial charge < -0.3 is 16.4 Å². The summed E-state index contributed by atoms with van der Waals surface area (Å²) in [6.07, 6.45) is -1.14. The first kappa shape index (κ1) is 18.3. The van der Waals surface area contributed by atoms with Gasteiger partial charge in [0.05, 0.1) is 12.1 Å². The molecule has 1 aliphatic carbocycles. The minimum Gasteiger partial charge on any atom is -0.352 e. The maximum Gasteiger partial charge on any atom is 0.416 e. The normalized spacial score (nSPS) is 21.2. The Kier molecular flexibility index (Phi) is 5.82. The molecule has 0 unspecified atom stereocenters. The van der Waals surface area contributed by atoms with Crippen molar-refractivity contribution in [3.63, 3.8) is 0 Å². The highest BCUT2D eigenvalue weighted by Gasteiger charge is 2.30. The van der Waals surface area contributed by atoms with Gasteiger partial charge in [-0.05, 0) is 49.9 Å². The third-order valence-corrected chi connectivity index (χ3v) is 4.02. The van der Waals surface area contributed by atoms with Crippen LogP contribution >= 0.6 is 0 Å². The maximum absolute atomic E-state index is 12.5. The predicted octanol–water partition coefficient (Wildman–Crippen LogP) is 1.82. The molecule has 5 nitrogen and oxygen atoms in total. The molecule has 1 aromatic carbocycles. The molecule has 132 valence electrons. The van der Waals surface area contributed by atoms with Gasteiger partial charge in [0.15, 0.2) is 0 Å². The quantitative estimate of drug-likeness (QED) is 0.780. The third-order valence-electron chi connectivity index (χ3n) is 4.02. The van der Waals surface area contributed by atoms with Crippen molar-refractivity contribution in [2.24, 2.45) is 5.73 Å². The van der Waals surface area contributed by atoms with Crippen LogP contribution < -0.4 is 16.4 Å². The van der Waals surface area contributed by atoms with Gasteiger partial charge in [0.2, 0.25) is 5.91 Å². The zero-order chi connectivity index (χ0) is 17.7. The number of nitrogens with one attached hydrogen (secondary N) is 2. The summed E-state index contributed by atoms with van der Waals surface area (Å²) in [6.45, 7) is -0.220. The van der Waals surface area contributed by atoms with Gasteiger partial charge in [-0.15, -0.1) is 0 Å². The maximum atomic E-state index is 12.5. The summed E-state index contributed by atoms with van der Waals surface area (Å²) < 4.78 is 37.4. The van der Waals surface area contributed by atoms with Crippen LogP contribution in [0.15, 0.2) is 24.3 Å². The number of hydrogen-bond donors (Lipinski definition) is 3. The van der Waals surface area contributed by atoms with Gasteiger partial charge in [0.1, 0.15) is 0 Å². The summed E-state index contributed by atoms with van der Waals surface area (Å²) in [4.78, 5) is 23.7. The number of hydrogen-bond acceptors (Lipinski definition) is 3. The highest BCUT2D eigenvalue weighted by molar-refractivity contribution is 5.96. The Balaban J connectivity index is 1.79. The Bertz CT molecular complexity index is 579. The first-order chi connectivity index (χ1) is 11.3. The van der Waals surface area contributed by atoms with Crippen LogP contribution in [0.3, 0.4) is 0 Å². The van der Waals surface area contributed by atoms with Crippen LogP contribution in [0.4, 0.5) is 13.2 Å². The number of benzene rings is 1. The second-order valence-corrected chi connectivity index (χ2v) is 5.94. The molecular formula is C16H20F3N3O2. The van der Waals surface area contributed by atoms with E-state index in [9.17, 15) is 22.8 Å². The Morgan fingerprint density at radius 3 is 2.21 bits per heavy atom. The molecule has 1 aliphatic rings. The van der Waals surface area contributed by atoms with Crippen LogP contribution in [-0.4, -0.2) is 30.4 Å². The summed E-state index contributed by atoms with van der Waals surface area (Å²) in [5, 5.41) is 5.22. The fourth-order valence-electron chi connectivity index (χ4n) is 2.62. The van der Waals surface area contributed by atoms with E-state index < -0.39 is 17.6 Å². The Labute approximate surface area is 137 Å². The van der Waals surface area contributed by atoms with Gasteiger partial charge in [-0.2, -0.15) is 13.2 Å². The van der Waals surface area contributed by atoms with E-state index >= 15 is 0 Å². The summed E-state index contributed by atoms with van der Waals surface area (Å²) in [5.41, 5.74) is 5.03. The van der Waals surface area contributed by atoms with Crippen molar-refractivity contribution >= 4 is 11.8 Å². The van der Waals surface area contributed by atoms with Crippen molar-refractivity contribution in [1.82, 2.24) is 10.6 Å². The van der Waals surface area contributed by atoms with Crippen LogP contribution in [0.1, 0.15) is 41.6 Å². The molecule has 1 fully saturated rings. The molecule has 8 heteroatoms. The van der Waals surface area contributed by atoms with E-state index in [4.69, 9.17) is 5.73 Å². The number of rotatable bonds is 4. The van der Waals surface area contributed by atoms with E-state index in [1.54, 1.807) is 0 Å². The minimum absolute atomic E-state index is 0.0558. The number of carbonyl (C=O) groups is 2. The second kappa shape index (κ2) is 7.65. The smallest absolute Gasteiger partial charge is 0.352 e. The highest BCUT2D eigenvalue weighted by Crippen LogP contribution is 2.29. The molecule has 0 heterocycles. The van der Waals surface area contributed by atoms with E-state index in [2.05, 4.69) is 10.6 Å². The van der Waals surface area contributed by atoms with E-state index in [1.807, 2.05) is 0 Å². The molecule has 0 bridgehead atoms. The number of amides is 2. The highest BCUT2D eigenvalue weighted by atomic mass is 19.4. The molecule has 1 aromatic rings. The van der Waals surface area contributed by atoms with Gasteiger partial charge in [-0.3, -0.25) is 9.59 Å².